The second-order valence-electron chi connectivity index (χ2n) is 3.71. The van der Waals surface area contributed by atoms with E-state index in [9.17, 15) is 0 Å². The summed E-state index contributed by atoms with van der Waals surface area (Å²) >= 11 is 0. The quantitative estimate of drug-likeness (QED) is 0.448. The first-order chi connectivity index (χ1) is 4.86. The van der Waals surface area contributed by atoms with Crippen molar-refractivity contribution in [2.24, 2.45) is 11.8 Å². The second-order valence-corrected chi connectivity index (χ2v) is 3.71. The lowest BCUT2D eigenvalue weighted by Crippen LogP contribution is -2.10. The van der Waals surface area contributed by atoms with Gasteiger partial charge in [-0.05, 0) is 25.7 Å². The first-order valence-corrected chi connectivity index (χ1v) is 4.38. The third-order valence-electron chi connectivity index (χ3n) is 3.05. The molecule has 0 saturated heterocycles. The summed E-state index contributed by atoms with van der Waals surface area (Å²) in [5.74, 6) is 1.86. The maximum Gasteiger partial charge on any atom is 0.0924 e. The Morgan fingerprint density at radius 2 is 2.00 bits per heavy atom. The van der Waals surface area contributed by atoms with Gasteiger partial charge in [0.1, 0.15) is 0 Å². The molecule has 2 bridgehead atoms. The van der Waals surface area contributed by atoms with Crippen molar-refractivity contribution in [2.45, 2.75) is 32.6 Å². The number of hydrogen-bond donors (Lipinski definition) is 0. The van der Waals surface area contributed by atoms with Crippen molar-refractivity contribution in [3.63, 3.8) is 0 Å². The number of allylic oxidation sites excluding steroid dienone is 2. The van der Waals surface area contributed by atoms with Crippen LogP contribution in [0.2, 0.25) is 0 Å². The topological polar surface area (TPSA) is 0 Å². The molecule has 0 aromatic heterocycles. The van der Waals surface area contributed by atoms with Gasteiger partial charge in [0.15, 0.2) is 0 Å². The maximum absolute atomic E-state index is 2.42. The highest BCUT2D eigenvalue weighted by Crippen LogP contribution is 2.38. The number of fused-ring (bicyclic) bond motifs is 3. The maximum atomic E-state index is 2.42. The van der Waals surface area contributed by atoms with Gasteiger partial charge in [-0.3, -0.25) is 0 Å². The summed E-state index contributed by atoms with van der Waals surface area (Å²) in [5.41, 5.74) is 1.63. The minimum absolute atomic E-state index is 0.925. The fourth-order valence-electron chi connectivity index (χ4n) is 2.19. The van der Waals surface area contributed by atoms with Crippen LogP contribution in [0.4, 0.5) is 0 Å². The molecule has 0 N–H and O–H groups in total. The molecule has 10 heavy (non-hydrogen) atoms. The zero-order valence-corrected chi connectivity index (χ0v) is 6.64. The molecular formula is C10H15+. The van der Waals surface area contributed by atoms with Gasteiger partial charge in [-0.15, -0.1) is 0 Å². The average Bonchev–Trinajstić information content (AvgIpc) is 2.24. The van der Waals surface area contributed by atoms with Crippen molar-refractivity contribution < 1.29 is 0 Å². The number of rotatable bonds is 0. The van der Waals surface area contributed by atoms with E-state index in [1.54, 1.807) is 5.57 Å². The molecule has 0 spiro atoms. The monoisotopic (exact) mass is 135 g/mol. The van der Waals surface area contributed by atoms with Crippen LogP contribution < -0.4 is 0 Å². The first-order valence-electron chi connectivity index (χ1n) is 4.38. The van der Waals surface area contributed by atoms with E-state index in [4.69, 9.17) is 0 Å². The molecule has 0 atom stereocenters. The Hall–Kier alpha value is -0.390. The third-order valence-corrected chi connectivity index (χ3v) is 3.05. The molecule has 0 aromatic rings. The van der Waals surface area contributed by atoms with Crippen LogP contribution in [0.5, 0.6) is 0 Å². The summed E-state index contributed by atoms with van der Waals surface area (Å²) in [6.07, 6.45) is 10.6. The van der Waals surface area contributed by atoms with Crippen LogP contribution in [0.25, 0.3) is 0 Å². The van der Waals surface area contributed by atoms with Crippen LogP contribution in [-0.4, -0.2) is 0 Å². The molecule has 54 valence electrons. The molecule has 0 unspecified atom stereocenters. The van der Waals surface area contributed by atoms with E-state index in [0.717, 1.165) is 11.8 Å². The van der Waals surface area contributed by atoms with E-state index in [1.165, 1.54) is 25.7 Å². The van der Waals surface area contributed by atoms with Gasteiger partial charge in [-0.25, -0.2) is 0 Å². The third kappa shape index (κ3) is 0.960. The predicted molar refractivity (Wildman–Crippen MR) is 43.5 cm³/mol. The number of hydrogen-bond acceptors (Lipinski definition) is 0. The second kappa shape index (κ2) is 2.34. The highest BCUT2D eigenvalue weighted by Gasteiger charge is 2.30. The fraction of sp³-hybridized carbons (Fsp3) is 0.700. The van der Waals surface area contributed by atoms with Crippen LogP contribution in [0.3, 0.4) is 0 Å². The van der Waals surface area contributed by atoms with Gasteiger partial charge in [-0.2, -0.15) is 0 Å². The molecule has 0 aliphatic heterocycles. The minimum Gasteiger partial charge on any atom is -0.0268 e. The van der Waals surface area contributed by atoms with Crippen LogP contribution in [0.1, 0.15) is 32.6 Å². The Bertz CT molecular complexity index is 147. The van der Waals surface area contributed by atoms with Gasteiger partial charge < -0.3 is 0 Å². The molecule has 1 saturated carbocycles. The lowest BCUT2D eigenvalue weighted by molar-refractivity contribution is 0.347. The predicted octanol–water partition coefficient (Wildman–Crippen LogP) is 2.96. The molecular weight excluding hydrogens is 120 g/mol. The lowest BCUT2D eigenvalue weighted by Gasteiger charge is -2.19. The molecule has 0 amide bonds. The molecule has 3 aliphatic rings. The van der Waals surface area contributed by atoms with Crippen molar-refractivity contribution in [3.05, 3.63) is 18.1 Å². The molecule has 1 fully saturated rings. The van der Waals surface area contributed by atoms with Gasteiger partial charge in [0.25, 0.3) is 0 Å². The first kappa shape index (κ1) is 6.33. The highest BCUT2D eigenvalue weighted by molar-refractivity contribution is 5.15. The Kier molecular flexibility index (Phi) is 1.48. The smallest absolute Gasteiger partial charge is 0.0268 e. The van der Waals surface area contributed by atoms with Gasteiger partial charge in [0, 0.05) is 25.2 Å². The van der Waals surface area contributed by atoms with Gasteiger partial charge in [0.05, 0.1) is 11.6 Å². The molecule has 0 heterocycles. The van der Waals surface area contributed by atoms with Crippen LogP contribution in [-0.2, 0) is 0 Å². The van der Waals surface area contributed by atoms with Crippen molar-refractivity contribution >= 4 is 0 Å². The van der Waals surface area contributed by atoms with Crippen molar-refractivity contribution in [2.75, 3.05) is 0 Å². The standard InChI is InChI=1S/C10H15/c1-8-2-3-9-4-6-10(8)7-5-9/h2-3,9-10H,4-7H2,1H3/q+1. The summed E-state index contributed by atoms with van der Waals surface area (Å²) < 4.78 is 0. The van der Waals surface area contributed by atoms with Crippen molar-refractivity contribution in [1.29, 1.82) is 0 Å². The van der Waals surface area contributed by atoms with E-state index in [0.29, 0.717) is 0 Å². The molecule has 3 rings (SSSR count). The minimum atomic E-state index is 0.925. The molecule has 0 radical (unpaired) electrons. The van der Waals surface area contributed by atoms with E-state index in [1.807, 2.05) is 0 Å². The van der Waals surface area contributed by atoms with Crippen molar-refractivity contribution in [3.8, 4) is 0 Å². The van der Waals surface area contributed by atoms with Crippen molar-refractivity contribution in [1.82, 2.24) is 0 Å². The summed E-state index contributed by atoms with van der Waals surface area (Å²) in [5, 5.41) is 0. The summed E-state index contributed by atoms with van der Waals surface area (Å²) in [6, 6.07) is 0. The fourth-order valence-corrected chi connectivity index (χ4v) is 2.19. The van der Waals surface area contributed by atoms with Gasteiger partial charge >= 0.3 is 0 Å². The lowest BCUT2D eigenvalue weighted by atomic mass is 9.82. The van der Waals surface area contributed by atoms with Crippen LogP contribution in [0, 0.1) is 18.3 Å². The summed E-state index contributed by atoms with van der Waals surface area (Å²) in [6.45, 7) is 2.29. The van der Waals surface area contributed by atoms with E-state index >= 15 is 0 Å². The summed E-state index contributed by atoms with van der Waals surface area (Å²) in [4.78, 5) is 0. The van der Waals surface area contributed by atoms with Crippen LogP contribution in [0.15, 0.2) is 11.6 Å². The Balaban J connectivity index is 2.18. The Labute approximate surface area is 63.3 Å². The molecule has 0 heteroatoms. The molecule has 0 aromatic carbocycles. The van der Waals surface area contributed by atoms with Gasteiger partial charge in [0.2, 0.25) is 0 Å². The Morgan fingerprint density at radius 3 is 2.70 bits per heavy atom. The van der Waals surface area contributed by atoms with E-state index in [2.05, 4.69) is 19.4 Å². The average molecular weight is 135 g/mol. The van der Waals surface area contributed by atoms with E-state index in [-0.39, 0.29) is 0 Å². The van der Waals surface area contributed by atoms with Crippen LogP contribution >= 0.6 is 0 Å². The normalized spacial score (nSPS) is 38.3. The Morgan fingerprint density at radius 1 is 1.30 bits per heavy atom. The molecule has 3 aliphatic carbocycles. The zero-order valence-electron chi connectivity index (χ0n) is 6.64. The van der Waals surface area contributed by atoms with E-state index < -0.39 is 0 Å². The highest BCUT2D eigenvalue weighted by atomic mass is 14.3. The van der Waals surface area contributed by atoms with Gasteiger partial charge in [-0.1, -0.05) is 0 Å². The molecule has 0 nitrogen and oxygen atoms in total. The largest absolute Gasteiger partial charge is 0.0924 e. The SMILES string of the molecule is CC1=C[CH+]C2CCC1CC2. The summed E-state index contributed by atoms with van der Waals surface area (Å²) in [7, 11) is 0. The zero-order chi connectivity index (χ0) is 6.97.